The van der Waals surface area contributed by atoms with Crippen LogP contribution in [0.25, 0.3) is 0 Å². The SMILES string of the molecule is Cc1ccc(O)c(C(=O)NNC(=O)Cc2ccccc2)c1. The highest BCUT2D eigenvalue weighted by molar-refractivity contribution is 5.98. The summed E-state index contributed by atoms with van der Waals surface area (Å²) >= 11 is 0. The van der Waals surface area contributed by atoms with E-state index in [1.54, 1.807) is 12.1 Å². The Bertz CT molecular complexity index is 654. The van der Waals surface area contributed by atoms with Crippen LogP contribution < -0.4 is 10.9 Å². The van der Waals surface area contributed by atoms with Crippen LogP contribution in [0.2, 0.25) is 0 Å². The van der Waals surface area contributed by atoms with Crippen molar-refractivity contribution >= 4 is 11.8 Å². The Morgan fingerprint density at radius 1 is 1.05 bits per heavy atom. The van der Waals surface area contributed by atoms with Crippen LogP contribution in [0.5, 0.6) is 5.75 Å². The molecule has 0 aliphatic carbocycles. The van der Waals surface area contributed by atoms with Crippen molar-refractivity contribution in [2.75, 3.05) is 0 Å². The fourth-order valence-corrected chi connectivity index (χ4v) is 1.85. The summed E-state index contributed by atoms with van der Waals surface area (Å²) in [5, 5.41) is 9.63. The third-order valence-corrected chi connectivity index (χ3v) is 2.92. The van der Waals surface area contributed by atoms with Gasteiger partial charge in [-0.25, -0.2) is 0 Å². The molecule has 0 fully saturated rings. The van der Waals surface area contributed by atoms with Gasteiger partial charge in [0.1, 0.15) is 5.75 Å². The van der Waals surface area contributed by atoms with Crippen molar-refractivity contribution in [2.45, 2.75) is 13.3 Å². The molecule has 0 radical (unpaired) electrons. The molecule has 0 bridgehead atoms. The van der Waals surface area contributed by atoms with Gasteiger partial charge in [0.2, 0.25) is 5.91 Å². The zero-order valence-corrected chi connectivity index (χ0v) is 11.6. The van der Waals surface area contributed by atoms with Crippen LogP contribution in [-0.4, -0.2) is 16.9 Å². The van der Waals surface area contributed by atoms with Gasteiger partial charge in [-0.15, -0.1) is 0 Å². The van der Waals surface area contributed by atoms with Crippen molar-refractivity contribution in [3.05, 3.63) is 65.2 Å². The molecule has 2 amide bonds. The summed E-state index contributed by atoms with van der Waals surface area (Å²) < 4.78 is 0. The summed E-state index contributed by atoms with van der Waals surface area (Å²) in [5.74, 6) is -1.02. The van der Waals surface area contributed by atoms with Gasteiger partial charge >= 0.3 is 0 Å². The molecule has 0 saturated carbocycles. The van der Waals surface area contributed by atoms with Crippen molar-refractivity contribution in [2.24, 2.45) is 0 Å². The van der Waals surface area contributed by atoms with Gasteiger partial charge in [-0.3, -0.25) is 20.4 Å². The topological polar surface area (TPSA) is 78.4 Å². The number of hydrazine groups is 1. The van der Waals surface area contributed by atoms with Gasteiger partial charge in [-0.1, -0.05) is 42.0 Å². The van der Waals surface area contributed by atoms with Gasteiger partial charge in [-0.05, 0) is 24.6 Å². The molecule has 3 N–H and O–H groups in total. The van der Waals surface area contributed by atoms with E-state index in [0.717, 1.165) is 11.1 Å². The first-order valence-electron chi connectivity index (χ1n) is 6.49. The maximum Gasteiger partial charge on any atom is 0.273 e. The third-order valence-electron chi connectivity index (χ3n) is 2.92. The minimum absolute atomic E-state index is 0.120. The molecule has 0 aromatic heterocycles. The summed E-state index contributed by atoms with van der Waals surface area (Å²) in [5.41, 5.74) is 6.43. The Morgan fingerprint density at radius 2 is 1.76 bits per heavy atom. The molecule has 2 aromatic rings. The molecule has 0 unspecified atom stereocenters. The average molecular weight is 284 g/mol. The molecule has 21 heavy (non-hydrogen) atoms. The van der Waals surface area contributed by atoms with Gasteiger partial charge in [0, 0.05) is 0 Å². The smallest absolute Gasteiger partial charge is 0.273 e. The standard InChI is InChI=1S/C16H16N2O3/c1-11-7-8-14(19)13(9-11)16(21)18-17-15(20)10-12-5-3-2-4-6-12/h2-9,19H,10H2,1H3,(H,17,20)(H,18,21). The largest absolute Gasteiger partial charge is 0.507 e. The molecule has 0 spiro atoms. The number of benzene rings is 2. The van der Waals surface area contributed by atoms with Gasteiger partial charge < -0.3 is 5.11 Å². The predicted molar refractivity (Wildman–Crippen MR) is 78.6 cm³/mol. The number of hydrogen-bond donors (Lipinski definition) is 3. The van der Waals surface area contributed by atoms with Crippen molar-refractivity contribution in [1.29, 1.82) is 0 Å². The van der Waals surface area contributed by atoms with Crippen molar-refractivity contribution < 1.29 is 14.7 Å². The van der Waals surface area contributed by atoms with E-state index in [1.807, 2.05) is 37.3 Å². The Hall–Kier alpha value is -2.82. The zero-order chi connectivity index (χ0) is 15.2. The second kappa shape index (κ2) is 6.56. The molecule has 0 atom stereocenters. The number of aromatic hydroxyl groups is 1. The van der Waals surface area contributed by atoms with Crippen LogP contribution >= 0.6 is 0 Å². The maximum atomic E-state index is 11.9. The summed E-state index contributed by atoms with van der Waals surface area (Å²) in [6.45, 7) is 1.81. The van der Waals surface area contributed by atoms with Gasteiger partial charge in [-0.2, -0.15) is 0 Å². The Labute approximate surface area is 122 Å². The van der Waals surface area contributed by atoms with Crippen LogP contribution in [0.3, 0.4) is 0 Å². The first-order valence-corrected chi connectivity index (χ1v) is 6.49. The molecule has 0 aliphatic heterocycles. The normalized spacial score (nSPS) is 9.95. The van der Waals surface area contributed by atoms with Gasteiger partial charge in [0.15, 0.2) is 0 Å². The number of phenols is 1. The summed E-state index contributed by atoms with van der Waals surface area (Å²) in [6, 6.07) is 13.9. The molecule has 5 nitrogen and oxygen atoms in total. The van der Waals surface area contributed by atoms with Crippen LogP contribution in [0, 0.1) is 6.92 Å². The number of amides is 2. The average Bonchev–Trinajstić information content (AvgIpc) is 2.48. The van der Waals surface area contributed by atoms with E-state index in [-0.39, 0.29) is 23.6 Å². The van der Waals surface area contributed by atoms with E-state index in [2.05, 4.69) is 10.9 Å². The summed E-state index contributed by atoms with van der Waals surface area (Å²) in [6.07, 6.45) is 0.168. The van der Waals surface area contributed by atoms with Crippen LogP contribution in [0.15, 0.2) is 48.5 Å². The minimum Gasteiger partial charge on any atom is -0.507 e. The Morgan fingerprint density at radius 3 is 2.48 bits per heavy atom. The van der Waals surface area contributed by atoms with Crippen LogP contribution in [-0.2, 0) is 11.2 Å². The number of aryl methyl sites for hydroxylation is 1. The molecule has 0 saturated heterocycles. The number of nitrogens with one attached hydrogen (secondary N) is 2. The lowest BCUT2D eigenvalue weighted by Gasteiger charge is -2.09. The molecule has 0 aliphatic rings. The molecule has 5 heteroatoms. The zero-order valence-electron chi connectivity index (χ0n) is 11.6. The molecule has 108 valence electrons. The predicted octanol–water partition coefficient (Wildman–Crippen LogP) is 1.70. The van der Waals surface area contributed by atoms with Crippen molar-refractivity contribution in [3.63, 3.8) is 0 Å². The van der Waals surface area contributed by atoms with Gasteiger partial charge in [0.25, 0.3) is 5.91 Å². The monoisotopic (exact) mass is 284 g/mol. The molecule has 2 rings (SSSR count). The first-order chi connectivity index (χ1) is 10.1. The number of hydrogen-bond acceptors (Lipinski definition) is 3. The van der Waals surface area contributed by atoms with E-state index in [9.17, 15) is 14.7 Å². The number of phenolic OH excluding ortho intramolecular Hbond substituents is 1. The van der Waals surface area contributed by atoms with E-state index in [0.29, 0.717) is 0 Å². The van der Waals surface area contributed by atoms with Crippen molar-refractivity contribution in [1.82, 2.24) is 10.9 Å². The minimum atomic E-state index is -0.558. The second-order valence-corrected chi connectivity index (χ2v) is 4.69. The van der Waals surface area contributed by atoms with E-state index < -0.39 is 5.91 Å². The summed E-state index contributed by atoms with van der Waals surface area (Å²) in [7, 11) is 0. The van der Waals surface area contributed by atoms with E-state index in [1.165, 1.54) is 6.07 Å². The lowest BCUT2D eigenvalue weighted by molar-refractivity contribution is -0.121. The third kappa shape index (κ3) is 4.07. The van der Waals surface area contributed by atoms with E-state index >= 15 is 0 Å². The quantitative estimate of drug-likeness (QED) is 0.751. The van der Waals surface area contributed by atoms with Crippen molar-refractivity contribution in [3.8, 4) is 5.75 Å². The summed E-state index contributed by atoms with van der Waals surface area (Å²) in [4.78, 5) is 23.6. The lowest BCUT2D eigenvalue weighted by atomic mass is 10.1. The van der Waals surface area contributed by atoms with Gasteiger partial charge in [0.05, 0.1) is 12.0 Å². The maximum absolute atomic E-state index is 11.9. The lowest BCUT2D eigenvalue weighted by Crippen LogP contribution is -2.42. The number of carbonyl (C=O) groups is 2. The fourth-order valence-electron chi connectivity index (χ4n) is 1.85. The van der Waals surface area contributed by atoms with Crippen LogP contribution in [0.4, 0.5) is 0 Å². The Balaban J connectivity index is 1.92. The number of rotatable bonds is 3. The molecule has 0 heterocycles. The molecule has 2 aromatic carbocycles. The highest BCUT2D eigenvalue weighted by atomic mass is 16.3. The fraction of sp³-hybridized carbons (Fsp3) is 0.125. The Kier molecular flexibility index (Phi) is 4.56. The van der Waals surface area contributed by atoms with E-state index in [4.69, 9.17) is 0 Å². The first kappa shape index (κ1) is 14.6. The highest BCUT2D eigenvalue weighted by Gasteiger charge is 2.12. The number of carbonyl (C=O) groups excluding carboxylic acids is 2. The van der Waals surface area contributed by atoms with Crippen LogP contribution in [0.1, 0.15) is 21.5 Å². The highest BCUT2D eigenvalue weighted by Crippen LogP contribution is 2.17. The molecular weight excluding hydrogens is 268 g/mol. The molecular formula is C16H16N2O3. The second-order valence-electron chi connectivity index (χ2n) is 4.69.